The van der Waals surface area contributed by atoms with Crippen molar-refractivity contribution in [3.63, 3.8) is 0 Å². The van der Waals surface area contributed by atoms with Crippen molar-refractivity contribution in [2.24, 2.45) is 0 Å². The van der Waals surface area contributed by atoms with Gasteiger partial charge in [0.1, 0.15) is 17.7 Å². The summed E-state index contributed by atoms with van der Waals surface area (Å²) in [6, 6.07) is 11.9. The van der Waals surface area contributed by atoms with Crippen LogP contribution in [0.4, 0.5) is 8.78 Å². The van der Waals surface area contributed by atoms with Gasteiger partial charge in [-0.15, -0.1) is 0 Å². The average molecular weight is 446 g/mol. The van der Waals surface area contributed by atoms with Crippen molar-refractivity contribution in [2.45, 2.75) is 83.8 Å². The molecule has 3 nitrogen and oxygen atoms in total. The number of benzene rings is 2. The van der Waals surface area contributed by atoms with Gasteiger partial charge in [0, 0.05) is 13.0 Å². The topological polar surface area (TPSA) is 49.3 Å². The summed E-state index contributed by atoms with van der Waals surface area (Å²) >= 11 is 0. The van der Waals surface area contributed by atoms with Gasteiger partial charge in [0.25, 0.3) is 0 Å². The van der Waals surface area contributed by atoms with Gasteiger partial charge in [-0.2, -0.15) is 0 Å². The first-order chi connectivity index (χ1) is 15.5. The Kier molecular flexibility index (Phi) is 12.1. The van der Waals surface area contributed by atoms with Crippen molar-refractivity contribution in [3.8, 4) is 0 Å². The van der Waals surface area contributed by atoms with E-state index in [1.165, 1.54) is 62.1 Å². The number of hydrogen-bond acceptors (Lipinski definition) is 3. The van der Waals surface area contributed by atoms with Crippen LogP contribution < -0.4 is 5.32 Å². The van der Waals surface area contributed by atoms with Crippen LogP contribution in [0.5, 0.6) is 0 Å². The van der Waals surface area contributed by atoms with Gasteiger partial charge in [0.05, 0.1) is 5.56 Å². The Morgan fingerprint density at radius 1 is 0.875 bits per heavy atom. The number of carbonyl (C=O) groups is 1. The number of ketones is 1. The van der Waals surface area contributed by atoms with Crippen LogP contribution in [0.1, 0.15) is 87.5 Å². The fraction of sp³-hybridized carbons (Fsp3) is 0.519. The van der Waals surface area contributed by atoms with Crippen LogP contribution >= 0.6 is 0 Å². The predicted octanol–water partition coefficient (Wildman–Crippen LogP) is 6.43. The maximum absolute atomic E-state index is 13.7. The number of halogens is 2. The first-order valence-electron chi connectivity index (χ1n) is 12.0. The second-order valence-electron chi connectivity index (χ2n) is 8.47. The van der Waals surface area contributed by atoms with E-state index in [9.17, 15) is 18.7 Å². The SMILES string of the molecule is CCCCCCCCCc1ccc(CNCCCC(=O)C(O)c2c(F)cccc2F)cc1. The van der Waals surface area contributed by atoms with Gasteiger partial charge in [-0.05, 0) is 49.1 Å². The molecule has 1 unspecified atom stereocenters. The van der Waals surface area contributed by atoms with Crippen LogP contribution in [-0.2, 0) is 17.8 Å². The summed E-state index contributed by atoms with van der Waals surface area (Å²) in [4.78, 5) is 12.1. The first kappa shape index (κ1) is 26.1. The standard InChI is InChI=1S/C27H37F2NO2/c1-2-3-4-5-6-7-8-11-21-15-17-22(18-16-21)20-30-19-10-14-25(31)27(32)26-23(28)12-9-13-24(26)29/h9,12-13,15-18,27,30,32H,2-8,10-11,14,19-20H2,1H3. The van der Waals surface area contributed by atoms with Crippen molar-refractivity contribution in [3.05, 3.63) is 70.8 Å². The van der Waals surface area contributed by atoms with Crippen molar-refractivity contribution in [1.82, 2.24) is 5.32 Å². The predicted molar refractivity (Wildman–Crippen MR) is 125 cm³/mol. The quantitative estimate of drug-likeness (QED) is 0.293. The van der Waals surface area contributed by atoms with E-state index < -0.39 is 29.1 Å². The van der Waals surface area contributed by atoms with Crippen molar-refractivity contribution >= 4 is 5.78 Å². The molecule has 0 radical (unpaired) electrons. The molecular weight excluding hydrogens is 408 g/mol. The lowest BCUT2D eigenvalue weighted by Gasteiger charge is -2.12. The normalized spacial score (nSPS) is 12.1. The van der Waals surface area contributed by atoms with Crippen LogP contribution in [0.15, 0.2) is 42.5 Å². The molecule has 2 N–H and O–H groups in total. The molecule has 2 rings (SSSR count). The van der Waals surface area contributed by atoms with E-state index in [4.69, 9.17) is 0 Å². The molecule has 0 aliphatic rings. The lowest BCUT2D eigenvalue weighted by atomic mass is 10.0. The molecule has 0 aliphatic heterocycles. The molecule has 176 valence electrons. The van der Waals surface area contributed by atoms with Gasteiger partial charge < -0.3 is 10.4 Å². The monoisotopic (exact) mass is 445 g/mol. The summed E-state index contributed by atoms with van der Waals surface area (Å²) in [7, 11) is 0. The summed E-state index contributed by atoms with van der Waals surface area (Å²) in [5.41, 5.74) is 1.97. The molecule has 0 heterocycles. The van der Waals surface area contributed by atoms with Gasteiger partial charge in [-0.3, -0.25) is 4.79 Å². The second kappa shape index (κ2) is 14.9. The number of aryl methyl sites for hydroxylation is 1. The van der Waals surface area contributed by atoms with Gasteiger partial charge in [-0.25, -0.2) is 8.78 Å². The smallest absolute Gasteiger partial charge is 0.166 e. The summed E-state index contributed by atoms with van der Waals surface area (Å²) in [5, 5.41) is 13.3. The number of unbranched alkanes of at least 4 members (excludes halogenated alkanes) is 6. The molecular formula is C27H37F2NO2. The summed E-state index contributed by atoms with van der Waals surface area (Å²) in [6.45, 7) is 3.51. The number of nitrogens with one attached hydrogen (secondary N) is 1. The number of carbonyl (C=O) groups excluding carboxylic acids is 1. The molecule has 0 bridgehead atoms. The van der Waals surface area contributed by atoms with Crippen LogP contribution in [0.25, 0.3) is 0 Å². The maximum Gasteiger partial charge on any atom is 0.166 e. The minimum Gasteiger partial charge on any atom is -0.380 e. The number of rotatable bonds is 16. The van der Waals surface area contributed by atoms with Gasteiger partial charge in [0.2, 0.25) is 0 Å². The van der Waals surface area contributed by atoms with E-state index >= 15 is 0 Å². The van der Waals surface area contributed by atoms with Gasteiger partial charge >= 0.3 is 0 Å². The molecule has 0 spiro atoms. The zero-order valence-corrected chi connectivity index (χ0v) is 19.2. The van der Waals surface area contributed by atoms with E-state index in [-0.39, 0.29) is 6.42 Å². The Balaban J connectivity index is 1.60. The van der Waals surface area contributed by atoms with E-state index in [0.717, 1.165) is 18.6 Å². The molecule has 0 fully saturated rings. The highest BCUT2D eigenvalue weighted by Crippen LogP contribution is 2.22. The zero-order valence-electron chi connectivity index (χ0n) is 19.2. The molecule has 0 saturated carbocycles. The molecule has 32 heavy (non-hydrogen) atoms. The molecule has 0 saturated heterocycles. The molecule has 0 aromatic heterocycles. The van der Waals surface area contributed by atoms with Crippen LogP contribution in [0, 0.1) is 11.6 Å². The maximum atomic E-state index is 13.7. The van der Waals surface area contributed by atoms with E-state index in [2.05, 4.69) is 36.5 Å². The van der Waals surface area contributed by atoms with E-state index in [0.29, 0.717) is 19.5 Å². The lowest BCUT2D eigenvalue weighted by molar-refractivity contribution is -0.127. The number of aliphatic hydroxyl groups is 1. The highest BCUT2D eigenvalue weighted by atomic mass is 19.1. The second-order valence-corrected chi connectivity index (χ2v) is 8.47. The van der Waals surface area contributed by atoms with Crippen molar-refractivity contribution in [1.29, 1.82) is 0 Å². The molecule has 2 aromatic rings. The van der Waals surface area contributed by atoms with Crippen LogP contribution in [-0.4, -0.2) is 17.4 Å². The molecule has 0 aliphatic carbocycles. The average Bonchev–Trinajstić information content (AvgIpc) is 2.79. The minimum absolute atomic E-state index is 0.0549. The van der Waals surface area contributed by atoms with Crippen molar-refractivity contribution in [2.75, 3.05) is 6.54 Å². The summed E-state index contributed by atoms with van der Waals surface area (Å²) < 4.78 is 27.4. The van der Waals surface area contributed by atoms with Crippen LogP contribution in [0.3, 0.4) is 0 Å². The van der Waals surface area contributed by atoms with Crippen molar-refractivity contribution < 1.29 is 18.7 Å². The van der Waals surface area contributed by atoms with E-state index in [1.807, 2.05) is 0 Å². The minimum atomic E-state index is -1.76. The van der Waals surface area contributed by atoms with E-state index in [1.54, 1.807) is 0 Å². The zero-order chi connectivity index (χ0) is 23.2. The van der Waals surface area contributed by atoms with Crippen LogP contribution in [0.2, 0.25) is 0 Å². The third kappa shape index (κ3) is 9.17. The molecule has 2 aromatic carbocycles. The Hall–Kier alpha value is -2.11. The molecule has 1 atom stereocenters. The fourth-order valence-electron chi connectivity index (χ4n) is 3.80. The summed E-state index contributed by atoms with van der Waals surface area (Å²) in [6.07, 6.45) is 9.11. The molecule has 0 amide bonds. The Labute approximate surface area is 191 Å². The molecule has 5 heteroatoms. The van der Waals surface area contributed by atoms with Gasteiger partial charge in [-0.1, -0.05) is 75.8 Å². The Morgan fingerprint density at radius 3 is 2.12 bits per heavy atom. The highest BCUT2D eigenvalue weighted by Gasteiger charge is 2.23. The van der Waals surface area contributed by atoms with Gasteiger partial charge in [0.15, 0.2) is 5.78 Å². The third-order valence-corrected chi connectivity index (χ3v) is 5.78. The highest BCUT2D eigenvalue weighted by molar-refractivity contribution is 5.84. The first-order valence-corrected chi connectivity index (χ1v) is 12.0. The lowest BCUT2D eigenvalue weighted by Crippen LogP contribution is -2.19. The summed E-state index contributed by atoms with van der Waals surface area (Å²) in [5.74, 6) is -2.38. The third-order valence-electron chi connectivity index (χ3n) is 5.78. The Bertz CT molecular complexity index is 788. The Morgan fingerprint density at radius 2 is 1.47 bits per heavy atom. The number of aliphatic hydroxyl groups excluding tert-OH is 1. The largest absolute Gasteiger partial charge is 0.380 e. The fourth-order valence-corrected chi connectivity index (χ4v) is 3.80. The number of hydrogen-bond donors (Lipinski definition) is 2. The number of Topliss-reactive ketones (excluding diaryl/α,β-unsaturated/α-hetero) is 1.